The molecule has 0 radical (unpaired) electrons. The molecule has 0 bridgehead atoms. The van der Waals surface area contributed by atoms with E-state index >= 15 is 0 Å². The average Bonchev–Trinajstić information content (AvgIpc) is 1.89. The first-order valence-corrected chi connectivity index (χ1v) is 5.63. The van der Waals surface area contributed by atoms with E-state index in [1.165, 1.54) is 0 Å². The van der Waals surface area contributed by atoms with Crippen molar-refractivity contribution in [2.45, 2.75) is 18.3 Å². The van der Waals surface area contributed by atoms with Crippen molar-refractivity contribution in [2.24, 2.45) is 0 Å². The Hall–Kier alpha value is 0.299. The molecular weight excluding hydrogens is 217 g/mol. The zero-order valence-electron chi connectivity index (χ0n) is 5.70. The first kappa shape index (κ1) is 10.3. The van der Waals surface area contributed by atoms with E-state index in [4.69, 9.17) is 5.11 Å². The summed E-state index contributed by atoms with van der Waals surface area (Å²) in [7, 11) is 0. The molecule has 0 aliphatic carbocycles. The van der Waals surface area contributed by atoms with Crippen molar-refractivity contribution < 1.29 is 9.90 Å². The summed E-state index contributed by atoms with van der Waals surface area (Å²) in [6.45, 7) is 2.02. The van der Waals surface area contributed by atoms with Gasteiger partial charge in [-0.05, 0) is 0 Å². The van der Waals surface area contributed by atoms with Crippen molar-refractivity contribution in [3.63, 3.8) is 0 Å². The molecule has 3 nitrogen and oxygen atoms in total. The number of rotatable bonds is 5. The Morgan fingerprint density at radius 1 is 1.90 bits per heavy atom. The van der Waals surface area contributed by atoms with Crippen LogP contribution in [0.15, 0.2) is 0 Å². The summed E-state index contributed by atoms with van der Waals surface area (Å²) in [5.74, 6) is -0.456. The molecule has 0 amide bonds. The predicted molar refractivity (Wildman–Crippen MR) is 44.6 cm³/mol. The third-order valence-corrected chi connectivity index (χ3v) is 2.77. The van der Waals surface area contributed by atoms with Gasteiger partial charge in [0.2, 0.25) is 0 Å². The standard InChI is InChI=1S/C5H11NO2SSe/c1-2-10-6-4(3-9)5(7)8/h4,6,9H,2-3H2,1H3,(H,7,8). The number of hydrogen-bond acceptors (Lipinski definition) is 3. The number of hydrogen-bond donors (Lipinski definition) is 3. The molecule has 2 N–H and O–H groups in total. The van der Waals surface area contributed by atoms with Crippen LogP contribution in [0.1, 0.15) is 6.92 Å². The number of carboxylic acid groups (broad SMARTS) is 1. The van der Waals surface area contributed by atoms with Crippen LogP contribution in [0.3, 0.4) is 0 Å². The molecular formula is C5H11NO2SSe. The van der Waals surface area contributed by atoms with E-state index in [9.17, 15) is 4.79 Å². The van der Waals surface area contributed by atoms with Crippen molar-refractivity contribution in [2.75, 3.05) is 5.75 Å². The molecule has 0 spiro atoms. The van der Waals surface area contributed by atoms with Gasteiger partial charge in [0.1, 0.15) is 0 Å². The first-order chi connectivity index (χ1) is 4.72. The fourth-order valence-corrected chi connectivity index (χ4v) is 2.03. The summed E-state index contributed by atoms with van der Waals surface area (Å²) in [6.07, 6.45) is 0. The van der Waals surface area contributed by atoms with E-state index in [1.54, 1.807) is 0 Å². The Morgan fingerprint density at radius 3 is 2.80 bits per heavy atom. The first-order valence-electron chi connectivity index (χ1n) is 2.93. The Morgan fingerprint density at radius 2 is 2.50 bits per heavy atom. The molecule has 0 aromatic carbocycles. The van der Waals surface area contributed by atoms with E-state index in [0.29, 0.717) is 5.75 Å². The van der Waals surface area contributed by atoms with Crippen molar-refractivity contribution in [3.8, 4) is 0 Å². The molecule has 5 heteroatoms. The molecule has 60 valence electrons. The minimum atomic E-state index is -0.815. The van der Waals surface area contributed by atoms with Gasteiger partial charge in [-0.15, -0.1) is 0 Å². The summed E-state index contributed by atoms with van der Waals surface area (Å²) in [4.78, 5) is 10.3. The molecule has 0 heterocycles. The molecule has 0 aromatic rings. The zero-order chi connectivity index (χ0) is 7.98. The summed E-state index contributed by atoms with van der Waals surface area (Å²) in [5.41, 5.74) is 0. The van der Waals surface area contributed by atoms with Crippen molar-refractivity contribution in [1.82, 2.24) is 4.33 Å². The molecule has 0 aliphatic rings. The number of nitrogens with one attached hydrogen (secondary N) is 1. The van der Waals surface area contributed by atoms with Gasteiger partial charge in [0.05, 0.1) is 0 Å². The predicted octanol–water partition coefficient (Wildman–Crippen LogP) is 0.0164. The fourth-order valence-electron chi connectivity index (χ4n) is 0.350. The SMILES string of the molecule is CC[Se]NC(CS)C(=O)O. The van der Waals surface area contributed by atoms with Gasteiger partial charge >= 0.3 is 72.0 Å². The molecule has 10 heavy (non-hydrogen) atoms. The van der Waals surface area contributed by atoms with Crippen LogP contribution < -0.4 is 4.33 Å². The minimum absolute atomic E-state index is 0.242. The quantitative estimate of drug-likeness (QED) is 0.459. The fraction of sp³-hybridized carbons (Fsp3) is 0.800. The van der Waals surface area contributed by atoms with Crippen molar-refractivity contribution in [3.05, 3.63) is 0 Å². The average molecular weight is 228 g/mol. The van der Waals surface area contributed by atoms with Gasteiger partial charge in [-0.1, -0.05) is 0 Å². The molecule has 0 fully saturated rings. The van der Waals surface area contributed by atoms with Crippen molar-refractivity contribution in [1.29, 1.82) is 0 Å². The van der Waals surface area contributed by atoms with Crippen LogP contribution in [0.25, 0.3) is 0 Å². The van der Waals surface area contributed by atoms with Gasteiger partial charge in [0.15, 0.2) is 0 Å². The molecule has 0 saturated heterocycles. The van der Waals surface area contributed by atoms with Crippen LogP contribution in [0.4, 0.5) is 0 Å². The second-order valence-electron chi connectivity index (χ2n) is 1.62. The molecule has 0 rings (SSSR count). The van der Waals surface area contributed by atoms with E-state index in [-0.39, 0.29) is 15.2 Å². The van der Waals surface area contributed by atoms with Crippen molar-refractivity contribution >= 4 is 33.8 Å². The normalized spacial score (nSPS) is 13.0. The van der Waals surface area contributed by atoms with Gasteiger partial charge in [-0.3, -0.25) is 0 Å². The maximum atomic E-state index is 10.3. The molecule has 1 atom stereocenters. The van der Waals surface area contributed by atoms with E-state index < -0.39 is 12.0 Å². The third kappa shape index (κ3) is 4.17. The molecule has 0 aromatic heterocycles. The zero-order valence-corrected chi connectivity index (χ0v) is 8.31. The van der Waals surface area contributed by atoms with Gasteiger partial charge in [0.25, 0.3) is 0 Å². The molecule has 1 unspecified atom stereocenters. The van der Waals surface area contributed by atoms with Crippen LogP contribution in [-0.2, 0) is 4.79 Å². The van der Waals surface area contributed by atoms with Crippen LogP contribution in [0.5, 0.6) is 0 Å². The summed E-state index contributed by atoms with van der Waals surface area (Å²) in [5, 5.41) is 9.50. The number of thiol groups is 1. The summed E-state index contributed by atoms with van der Waals surface area (Å²) in [6, 6.07) is -0.469. The van der Waals surface area contributed by atoms with E-state index in [2.05, 4.69) is 17.0 Å². The molecule has 0 saturated carbocycles. The second kappa shape index (κ2) is 6.04. The van der Waals surface area contributed by atoms with Crippen LogP contribution in [0.2, 0.25) is 5.32 Å². The number of carbonyl (C=O) groups is 1. The van der Waals surface area contributed by atoms with Gasteiger partial charge < -0.3 is 0 Å². The van der Waals surface area contributed by atoms with Gasteiger partial charge in [-0.25, -0.2) is 0 Å². The van der Waals surface area contributed by atoms with E-state index in [1.807, 2.05) is 6.92 Å². The van der Waals surface area contributed by atoms with Gasteiger partial charge in [-0.2, -0.15) is 0 Å². The maximum absolute atomic E-state index is 10.3. The topological polar surface area (TPSA) is 49.3 Å². The number of carboxylic acids is 1. The van der Waals surface area contributed by atoms with Crippen LogP contribution in [0, 0.1) is 0 Å². The molecule has 0 aliphatic heterocycles. The number of aliphatic carboxylic acids is 1. The Kier molecular flexibility index (Phi) is 6.22. The van der Waals surface area contributed by atoms with Crippen LogP contribution in [-0.4, -0.2) is 38.0 Å². The van der Waals surface area contributed by atoms with E-state index in [0.717, 1.165) is 5.32 Å². The second-order valence-corrected chi connectivity index (χ2v) is 4.30. The summed E-state index contributed by atoms with van der Waals surface area (Å²) < 4.78 is 2.91. The van der Waals surface area contributed by atoms with Gasteiger partial charge in [0, 0.05) is 0 Å². The summed E-state index contributed by atoms with van der Waals surface area (Å²) >= 11 is 4.14. The van der Waals surface area contributed by atoms with Crippen LogP contribution >= 0.6 is 12.6 Å². The Bertz CT molecular complexity index is 112. The Labute approximate surface area is 72.4 Å². The third-order valence-electron chi connectivity index (χ3n) is 0.851. The Balaban J connectivity index is 3.50. The monoisotopic (exact) mass is 229 g/mol.